The third-order valence-corrected chi connectivity index (χ3v) is 6.91. The number of aryl methyl sites for hydroxylation is 2. The molecule has 0 N–H and O–H groups in total. The maximum atomic E-state index is 13.8. The van der Waals surface area contributed by atoms with Gasteiger partial charge in [0.1, 0.15) is 5.75 Å². The van der Waals surface area contributed by atoms with E-state index in [0.717, 1.165) is 72.0 Å². The minimum Gasteiger partial charge on any atom is -0.497 e. The van der Waals surface area contributed by atoms with Crippen LogP contribution >= 0.6 is 0 Å². The Hall–Kier alpha value is -3.41. The predicted molar refractivity (Wildman–Crippen MR) is 155 cm³/mol. The summed E-state index contributed by atoms with van der Waals surface area (Å²) in [5.41, 5.74) is 8.56. The van der Waals surface area contributed by atoms with Crippen molar-refractivity contribution >= 4 is 17.5 Å². The minimum atomic E-state index is 0.0202. The van der Waals surface area contributed by atoms with Crippen molar-refractivity contribution in [2.75, 3.05) is 59.3 Å². The molecule has 0 aromatic heterocycles. The minimum absolute atomic E-state index is 0.0202. The van der Waals surface area contributed by atoms with Crippen LogP contribution in [0.15, 0.2) is 60.7 Å². The summed E-state index contributed by atoms with van der Waals surface area (Å²) in [7, 11) is 7.91. The lowest BCUT2D eigenvalue weighted by molar-refractivity contribution is 0.104. The predicted octanol–water partition coefficient (Wildman–Crippen LogP) is 5.69. The number of allylic oxidation sites excluding steroid dienone is 1. The van der Waals surface area contributed by atoms with Crippen molar-refractivity contribution in [1.29, 1.82) is 0 Å². The molecular formula is C32H39N3O2. The van der Waals surface area contributed by atoms with E-state index in [1.165, 1.54) is 11.1 Å². The number of anilines is 1. The van der Waals surface area contributed by atoms with Gasteiger partial charge < -0.3 is 19.4 Å². The van der Waals surface area contributed by atoms with Crippen molar-refractivity contribution < 1.29 is 9.53 Å². The third-order valence-electron chi connectivity index (χ3n) is 6.91. The Morgan fingerprint density at radius 1 is 0.919 bits per heavy atom. The van der Waals surface area contributed by atoms with E-state index in [9.17, 15) is 4.79 Å². The fraction of sp³-hybridized carbons (Fsp3) is 0.344. The van der Waals surface area contributed by atoms with Crippen LogP contribution in [0.5, 0.6) is 5.75 Å². The Labute approximate surface area is 222 Å². The first-order chi connectivity index (χ1) is 17.7. The molecule has 1 aliphatic heterocycles. The van der Waals surface area contributed by atoms with Gasteiger partial charge in [0.2, 0.25) is 0 Å². The van der Waals surface area contributed by atoms with E-state index in [1.807, 2.05) is 38.4 Å². The van der Waals surface area contributed by atoms with Crippen molar-refractivity contribution in [2.45, 2.75) is 20.4 Å². The summed E-state index contributed by atoms with van der Waals surface area (Å²) < 4.78 is 5.43. The van der Waals surface area contributed by atoms with Crippen LogP contribution in [0.1, 0.15) is 32.6 Å². The van der Waals surface area contributed by atoms with E-state index >= 15 is 0 Å². The van der Waals surface area contributed by atoms with E-state index in [1.54, 1.807) is 13.2 Å². The number of ketones is 1. The standard InChI is InChI=1S/C32H39N3O2/c1-23-17-24(2)19-27(18-23)26-8-11-31(35-15-13-34(5)14-16-35)30(21-26)32(36)12-9-25-7-10-29(37-6)20-28(25)22-33(3)4/h7-12,17-21H,13-16,22H2,1-6H3. The number of methoxy groups -OCH3 is 1. The summed E-state index contributed by atoms with van der Waals surface area (Å²) >= 11 is 0. The van der Waals surface area contributed by atoms with Gasteiger partial charge in [-0.1, -0.05) is 47.5 Å². The zero-order valence-electron chi connectivity index (χ0n) is 23.0. The normalized spacial score (nSPS) is 14.5. The van der Waals surface area contributed by atoms with Gasteiger partial charge in [-0.25, -0.2) is 0 Å². The van der Waals surface area contributed by atoms with Gasteiger partial charge in [-0.15, -0.1) is 0 Å². The molecular weight excluding hydrogens is 458 g/mol. The summed E-state index contributed by atoms with van der Waals surface area (Å²) in [5.74, 6) is 0.839. The van der Waals surface area contributed by atoms with Crippen molar-refractivity contribution in [3.05, 3.63) is 88.5 Å². The third kappa shape index (κ3) is 6.68. The topological polar surface area (TPSA) is 36.0 Å². The number of hydrogen-bond acceptors (Lipinski definition) is 5. The molecule has 0 unspecified atom stereocenters. The smallest absolute Gasteiger partial charge is 0.187 e. The quantitative estimate of drug-likeness (QED) is 0.295. The van der Waals surface area contributed by atoms with Crippen molar-refractivity contribution in [3.63, 3.8) is 0 Å². The van der Waals surface area contributed by atoms with Crippen LogP contribution in [0.25, 0.3) is 17.2 Å². The number of ether oxygens (including phenoxy) is 1. The van der Waals surface area contributed by atoms with Crippen LogP contribution in [-0.2, 0) is 6.54 Å². The van der Waals surface area contributed by atoms with E-state index in [2.05, 4.69) is 72.0 Å². The first kappa shape index (κ1) is 26.6. The van der Waals surface area contributed by atoms with Crippen molar-refractivity contribution in [1.82, 2.24) is 9.80 Å². The monoisotopic (exact) mass is 497 g/mol. The Morgan fingerprint density at radius 2 is 1.62 bits per heavy atom. The van der Waals surface area contributed by atoms with Crippen LogP contribution in [0.2, 0.25) is 0 Å². The first-order valence-corrected chi connectivity index (χ1v) is 12.9. The average Bonchev–Trinajstić information content (AvgIpc) is 2.87. The second-order valence-electron chi connectivity index (χ2n) is 10.4. The van der Waals surface area contributed by atoms with Gasteiger partial charge in [0.05, 0.1) is 7.11 Å². The van der Waals surface area contributed by atoms with E-state index in [-0.39, 0.29) is 5.78 Å². The van der Waals surface area contributed by atoms with Gasteiger partial charge in [-0.2, -0.15) is 0 Å². The van der Waals surface area contributed by atoms with Gasteiger partial charge in [-0.05, 0) is 87.6 Å². The maximum absolute atomic E-state index is 13.8. The molecule has 4 rings (SSSR count). The second kappa shape index (κ2) is 11.8. The van der Waals surface area contributed by atoms with Crippen molar-refractivity contribution in [3.8, 4) is 16.9 Å². The molecule has 1 heterocycles. The van der Waals surface area contributed by atoms with Crippen LogP contribution in [-0.4, -0.2) is 70.0 Å². The molecule has 0 bridgehead atoms. The summed E-state index contributed by atoms with van der Waals surface area (Å²) in [6.45, 7) is 8.79. The largest absolute Gasteiger partial charge is 0.497 e. The maximum Gasteiger partial charge on any atom is 0.187 e. The van der Waals surface area contributed by atoms with Gasteiger partial charge in [0.15, 0.2) is 5.78 Å². The lowest BCUT2D eigenvalue weighted by Crippen LogP contribution is -2.45. The number of carbonyl (C=O) groups is 1. The average molecular weight is 498 g/mol. The number of rotatable bonds is 8. The zero-order chi connectivity index (χ0) is 26.5. The highest BCUT2D eigenvalue weighted by Gasteiger charge is 2.20. The molecule has 3 aromatic carbocycles. The highest BCUT2D eigenvalue weighted by atomic mass is 16.5. The van der Waals surface area contributed by atoms with Crippen LogP contribution < -0.4 is 9.64 Å². The van der Waals surface area contributed by atoms with Crippen LogP contribution in [0.3, 0.4) is 0 Å². The molecule has 1 aliphatic rings. The summed E-state index contributed by atoms with van der Waals surface area (Å²) in [5, 5.41) is 0. The molecule has 1 fully saturated rings. The fourth-order valence-electron chi connectivity index (χ4n) is 4.98. The molecule has 5 nitrogen and oxygen atoms in total. The highest BCUT2D eigenvalue weighted by Crippen LogP contribution is 2.30. The molecule has 0 atom stereocenters. The van der Waals surface area contributed by atoms with Crippen molar-refractivity contribution in [2.24, 2.45) is 0 Å². The Balaban J connectivity index is 1.72. The number of benzene rings is 3. The summed E-state index contributed by atoms with van der Waals surface area (Å²) in [4.78, 5) is 20.6. The van der Waals surface area contributed by atoms with Gasteiger partial charge >= 0.3 is 0 Å². The lowest BCUT2D eigenvalue weighted by Gasteiger charge is -2.35. The Kier molecular flexibility index (Phi) is 8.47. The summed E-state index contributed by atoms with van der Waals surface area (Å²) in [6.07, 6.45) is 3.67. The molecule has 5 heteroatoms. The van der Waals surface area contributed by atoms with Crippen LogP contribution in [0, 0.1) is 13.8 Å². The highest BCUT2D eigenvalue weighted by molar-refractivity contribution is 6.11. The number of likely N-dealkylation sites (N-methyl/N-ethyl adjacent to an activating group) is 1. The SMILES string of the molecule is COc1ccc(C=CC(=O)c2cc(-c3cc(C)cc(C)c3)ccc2N2CCN(C)CC2)c(CN(C)C)c1. The second-order valence-corrected chi connectivity index (χ2v) is 10.4. The number of hydrogen-bond donors (Lipinski definition) is 0. The lowest BCUT2D eigenvalue weighted by atomic mass is 9.96. The molecule has 194 valence electrons. The Morgan fingerprint density at radius 3 is 2.27 bits per heavy atom. The number of carbonyl (C=O) groups excluding carboxylic acids is 1. The van der Waals surface area contributed by atoms with E-state index in [4.69, 9.17) is 4.74 Å². The fourth-order valence-corrected chi connectivity index (χ4v) is 4.98. The molecule has 0 saturated carbocycles. The van der Waals surface area contributed by atoms with E-state index < -0.39 is 0 Å². The Bertz CT molecular complexity index is 1270. The van der Waals surface area contributed by atoms with Crippen LogP contribution in [0.4, 0.5) is 5.69 Å². The first-order valence-electron chi connectivity index (χ1n) is 12.9. The van der Waals surface area contributed by atoms with Gasteiger partial charge in [-0.3, -0.25) is 4.79 Å². The molecule has 3 aromatic rings. The zero-order valence-corrected chi connectivity index (χ0v) is 23.0. The number of piperazine rings is 1. The summed E-state index contributed by atoms with van der Waals surface area (Å²) in [6, 6.07) is 18.9. The molecule has 0 radical (unpaired) electrons. The molecule has 0 amide bonds. The number of nitrogens with zero attached hydrogens (tertiary/aromatic N) is 3. The molecule has 1 saturated heterocycles. The molecule has 0 spiro atoms. The van der Waals surface area contributed by atoms with Gasteiger partial charge in [0.25, 0.3) is 0 Å². The molecule has 37 heavy (non-hydrogen) atoms. The van der Waals surface area contributed by atoms with Gasteiger partial charge in [0, 0.05) is 44.0 Å². The van der Waals surface area contributed by atoms with E-state index in [0.29, 0.717) is 0 Å². The molecule has 0 aliphatic carbocycles.